The van der Waals surface area contributed by atoms with Gasteiger partial charge in [-0.3, -0.25) is 4.90 Å². The molecule has 0 amide bonds. The molecule has 1 aromatic heterocycles. The minimum atomic E-state index is 0.0582. The number of rotatable bonds is 3. The summed E-state index contributed by atoms with van der Waals surface area (Å²) in [6, 6.07) is 15.6. The minimum absolute atomic E-state index is 0.0582. The number of fused-ring (bicyclic) bond motifs is 1. The van der Waals surface area contributed by atoms with Gasteiger partial charge in [0.25, 0.3) is 0 Å². The third-order valence-electron chi connectivity index (χ3n) is 6.90. The van der Waals surface area contributed by atoms with Gasteiger partial charge in [-0.15, -0.1) is 6.42 Å². The Balaban J connectivity index is 1.53. The fourth-order valence-electron chi connectivity index (χ4n) is 5.36. The van der Waals surface area contributed by atoms with Gasteiger partial charge in [0.2, 0.25) is 0 Å². The maximum absolute atomic E-state index is 6.29. The van der Waals surface area contributed by atoms with Crippen LogP contribution in [-0.4, -0.2) is 28.6 Å². The van der Waals surface area contributed by atoms with Crippen molar-refractivity contribution in [2.75, 3.05) is 13.2 Å². The Morgan fingerprint density at radius 3 is 2.86 bits per heavy atom. The summed E-state index contributed by atoms with van der Waals surface area (Å²) in [6.07, 6.45) is 12.5. The summed E-state index contributed by atoms with van der Waals surface area (Å²) in [5.74, 6) is 2.95. The van der Waals surface area contributed by atoms with Crippen molar-refractivity contribution in [1.82, 2.24) is 9.88 Å². The van der Waals surface area contributed by atoms with Gasteiger partial charge in [0, 0.05) is 48.4 Å². The van der Waals surface area contributed by atoms with E-state index in [1.807, 2.05) is 6.20 Å². The van der Waals surface area contributed by atoms with Gasteiger partial charge < -0.3 is 9.72 Å². The molecule has 148 valence electrons. The number of aromatic amines is 1. The molecule has 3 heteroatoms. The van der Waals surface area contributed by atoms with Gasteiger partial charge in [-0.2, -0.15) is 0 Å². The zero-order valence-electron chi connectivity index (χ0n) is 17.1. The summed E-state index contributed by atoms with van der Waals surface area (Å²) in [6.45, 7) is 4.93. The van der Waals surface area contributed by atoms with Gasteiger partial charge in [-0.1, -0.05) is 36.3 Å². The van der Waals surface area contributed by atoms with Crippen LogP contribution in [0.25, 0.3) is 10.9 Å². The van der Waals surface area contributed by atoms with E-state index in [-0.39, 0.29) is 5.60 Å². The van der Waals surface area contributed by atoms with Crippen LogP contribution >= 0.6 is 0 Å². The van der Waals surface area contributed by atoms with E-state index in [0.717, 1.165) is 38.1 Å². The van der Waals surface area contributed by atoms with Crippen molar-refractivity contribution >= 4 is 10.9 Å². The van der Waals surface area contributed by atoms with Gasteiger partial charge in [0.05, 0.1) is 5.60 Å². The molecule has 0 bridgehead atoms. The average molecular weight is 385 g/mol. The molecule has 2 atom stereocenters. The summed E-state index contributed by atoms with van der Waals surface area (Å²) in [5.41, 5.74) is 6.11. The predicted octanol–water partition coefficient (Wildman–Crippen LogP) is 5.34. The summed E-state index contributed by atoms with van der Waals surface area (Å²) in [5, 5.41) is 1.25. The standard InChI is InChI=1S/C26H28N2O/c1-3-20-16-19(2)25-22(10-13-27-25)23(20)18-28-14-12-26(11-7-15-29-26)17-24(28)21-8-5-4-6-9-21/h1,4-6,8-10,13,16,24,27H,7,11-12,14-15,17-18H2,2H3/t24-,26+/m0/s1. The summed E-state index contributed by atoms with van der Waals surface area (Å²) >= 11 is 0. The topological polar surface area (TPSA) is 28.3 Å². The fraction of sp³-hybridized carbons (Fsp3) is 0.385. The predicted molar refractivity (Wildman–Crippen MR) is 118 cm³/mol. The van der Waals surface area contributed by atoms with Crippen molar-refractivity contribution in [2.45, 2.75) is 50.8 Å². The van der Waals surface area contributed by atoms with Crippen LogP contribution in [-0.2, 0) is 11.3 Å². The lowest BCUT2D eigenvalue weighted by Crippen LogP contribution is -2.45. The number of terminal acetylenes is 1. The van der Waals surface area contributed by atoms with E-state index in [4.69, 9.17) is 11.2 Å². The molecule has 3 aromatic rings. The molecule has 2 fully saturated rings. The van der Waals surface area contributed by atoms with Crippen molar-refractivity contribution in [3.05, 3.63) is 70.9 Å². The van der Waals surface area contributed by atoms with Crippen molar-refractivity contribution in [3.63, 3.8) is 0 Å². The Kier molecular flexibility index (Phi) is 4.70. The normalized spacial score (nSPS) is 24.9. The lowest BCUT2D eigenvalue weighted by atomic mass is 9.81. The molecule has 3 heterocycles. The van der Waals surface area contributed by atoms with E-state index in [0.29, 0.717) is 6.04 Å². The molecule has 29 heavy (non-hydrogen) atoms. The first kappa shape index (κ1) is 18.5. The van der Waals surface area contributed by atoms with Crippen LogP contribution in [0, 0.1) is 19.3 Å². The molecule has 0 saturated carbocycles. The molecule has 3 nitrogen and oxygen atoms in total. The number of benzene rings is 2. The molecule has 1 N–H and O–H groups in total. The third-order valence-corrected chi connectivity index (χ3v) is 6.90. The quantitative estimate of drug-likeness (QED) is 0.617. The first-order valence-corrected chi connectivity index (χ1v) is 10.7. The summed E-state index contributed by atoms with van der Waals surface area (Å²) < 4.78 is 6.29. The number of piperidine rings is 1. The second-order valence-electron chi connectivity index (χ2n) is 8.62. The number of hydrogen-bond donors (Lipinski definition) is 1. The molecule has 2 aromatic carbocycles. The van der Waals surface area contributed by atoms with Crippen LogP contribution in [0.3, 0.4) is 0 Å². The van der Waals surface area contributed by atoms with Crippen LogP contribution < -0.4 is 0 Å². The molecule has 0 radical (unpaired) electrons. The van der Waals surface area contributed by atoms with E-state index in [1.165, 1.54) is 40.4 Å². The molecule has 5 rings (SSSR count). The smallest absolute Gasteiger partial charge is 0.0713 e. The maximum Gasteiger partial charge on any atom is 0.0713 e. The van der Waals surface area contributed by atoms with Gasteiger partial charge in [0.15, 0.2) is 0 Å². The molecule has 2 aliphatic heterocycles. The van der Waals surface area contributed by atoms with Crippen LogP contribution in [0.4, 0.5) is 0 Å². The van der Waals surface area contributed by atoms with Crippen LogP contribution in [0.5, 0.6) is 0 Å². The average Bonchev–Trinajstić information content (AvgIpc) is 3.42. The number of hydrogen-bond acceptors (Lipinski definition) is 2. The number of likely N-dealkylation sites (tertiary alicyclic amines) is 1. The second-order valence-corrected chi connectivity index (χ2v) is 8.62. The Labute approximate surface area is 173 Å². The van der Waals surface area contributed by atoms with E-state index >= 15 is 0 Å². The Morgan fingerprint density at radius 2 is 2.10 bits per heavy atom. The number of aryl methyl sites for hydroxylation is 1. The van der Waals surface area contributed by atoms with Gasteiger partial charge in [-0.05, 0) is 61.4 Å². The molecular weight excluding hydrogens is 356 g/mol. The largest absolute Gasteiger partial charge is 0.375 e. The third kappa shape index (κ3) is 3.27. The van der Waals surface area contributed by atoms with E-state index in [9.17, 15) is 0 Å². The molecule has 1 spiro atoms. The number of aromatic nitrogens is 1. The molecule has 2 saturated heterocycles. The minimum Gasteiger partial charge on any atom is -0.375 e. The monoisotopic (exact) mass is 384 g/mol. The highest BCUT2D eigenvalue weighted by atomic mass is 16.5. The van der Waals surface area contributed by atoms with Crippen molar-refractivity contribution < 1.29 is 4.74 Å². The zero-order chi connectivity index (χ0) is 19.8. The molecule has 0 unspecified atom stereocenters. The maximum atomic E-state index is 6.29. The Morgan fingerprint density at radius 1 is 1.24 bits per heavy atom. The molecular formula is C26H28N2O. The summed E-state index contributed by atoms with van der Waals surface area (Å²) in [4.78, 5) is 6.00. The van der Waals surface area contributed by atoms with E-state index in [1.54, 1.807) is 0 Å². The number of nitrogens with zero attached hydrogens (tertiary/aromatic N) is 1. The van der Waals surface area contributed by atoms with Crippen molar-refractivity contribution in [2.24, 2.45) is 0 Å². The second kappa shape index (κ2) is 7.37. The lowest BCUT2D eigenvalue weighted by molar-refractivity contribution is -0.0675. The van der Waals surface area contributed by atoms with Crippen molar-refractivity contribution in [3.8, 4) is 12.3 Å². The Hall–Kier alpha value is -2.54. The number of nitrogens with one attached hydrogen (secondary N) is 1. The number of H-pyrrole nitrogens is 1. The fourth-order valence-corrected chi connectivity index (χ4v) is 5.36. The van der Waals surface area contributed by atoms with E-state index < -0.39 is 0 Å². The van der Waals surface area contributed by atoms with Gasteiger partial charge in [-0.25, -0.2) is 0 Å². The van der Waals surface area contributed by atoms with Crippen LogP contribution in [0.1, 0.15) is 54.0 Å². The SMILES string of the molecule is C#Cc1cc(C)c2[nH]ccc2c1CN1CC[C@]2(CCCO2)C[C@H]1c1ccccc1. The van der Waals surface area contributed by atoms with Crippen LogP contribution in [0.2, 0.25) is 0 Å². The summed E-state index contributed by atoms with van der Waals surface area (Å²) in [7, 11) is 0. The van der Waals surface area contributed by atoms with Crippen LogP contribution in [0.15, 0.2) is 48.7 Å². The highest BCUT2D eigenvalue weighted by molar-refractivity contribution is 5.88. The first-order chi connectivity index (χ1) is 14.2. The van der Waals surface area contributed by atoms with Crippen molar-refractivity contribution in [1.29, 1.82) is 0 Å². The van der Waals surface area contributed by atoms with Gasteiger partial charge in [0.1, 0.15) is 0 Å². The van der Waals surface area contributed by atoms with E-state index in [2.05, 4.69) is 65.2 Å². The molecule has 2 aliphatic rings. The first-order valence-electron chi connectivity index (χ1n) is 10.7. The number of ether oxygens (including phenoxy) is 1. The highest BCUT2D eigenvalue weighted by Gasteiger charge is 2.43. The van der Waals surface area contributed by atoms with Gasteiger partial charge >= 0.3 is 0 Å². The Bertz CT molecular complexity index is 1050. The lowest BCUT2D eigenvalue weighted by Gasteiger charge is -2.45. The zero-order valence-corrected chi connectivity index (χ0v) is 17.1. The highest BCUT2D eigenvalue weighted by Crippen LogP contribution is 2.44. The molecule has 0 aliphatic carbocycles.